The van der Waals surface area contributed by atoms with Crippen LogP contribution in [0.5, 0.6) is 0 Å². The molecule has 0 saturated carbocycles. The van der Waals surface area contributed by atoms with Crippen molar-refractivity contribution in [3.63, 3.8) is 0 Å². The number of halogens is 2. The Bertz CT molecular complexity index is 882. The Morgan fingerprint density at radius 1 is 1.21 bits per heavy atom. The van der Waals surface area contributed by atoms with E-state index in [2.05, 4.69) is 24.1 Å². The summed E-state index contributed by atoms with van der Waals surface area (Å²) in [5.41, 5.74) is 2.05. The van der Waals surface area contributed by atoms with Gasteiger partial charge < -0.3 is 9.88 Å². The molecule has 0 unspecified atom stereocenters. The number of hydrogen-bond donors (Lipinski definition) is 1. The van der Waals surface area contributed by atoms with Crippen LogP contribution >= 0.6 is 0 Å². The van der Waals surface area contributed by atoms with Gasteiger partial charge in [0, 0.05) is 12.6 Å². The summed E-state index contributed by atoms with van der Waals surface area (Å²) in [7, 11) is 0. The van der Waals surface area contributed by atoms with Gasteiger partial charge in [0.2, 0.25) is 0 Å². The molecular weight excluding hydrogens is 312 g/mol. The molecule has 124 valence electrons. The summed E-state index contributed by atoms with van der Waals surface area (Å²) >= 11 is 0. The maximum absolute atomic E-state index is 13.6. The van der Waals surface area contributed by atoms with Crippen molar-refractivity contribution < 1.29 is 13.6 Å². The highest BCUT2D eigenvalue weighted by Crippen LogP contribution is 2.19. The van der Waals surface area contributed by atoms with Crippen LogP contribution in [0.4, 0.5) is 8.78 Å². The molecule has 3 aromatic rings. The zero-order valence-corrected chi connectivity index (χ0v) is 13.4. The van der Waals surface area contributed by atoms with Crippen LogP contribution in [0.2, 0.25) is 0 Å². The zero-order valence-electron chi connectivity index (χ0n) is 13.4. The standard InChI is InChI=1S/C18H17F2N3O/c1-11(2)23-10-22-15-8-12(6-7-16(15)23)9-21-18(24)17-13(19)4-3-5-14(17)20/h3-8,10-11H,9H2,1-2H3,(H,21,24). The molecule has 0 bridgehead atoms. The predicted octanol–water partition coefficient (Wildman–Crippen LogP) is 3.83. The molecule has 24 heavy (non-hydrogen) atoms. The highest BCUT2D eigenvalue weighted by molar-refractivity contribution is 5.94. The van der Waals surface area contributed by atoms with Crippen LogP contribution in [0.1, 0.15) is 35.8 Å². The molecule has 0 aliphatic heterocycles. The van der Waals surface area contributed by atoms with E-state index in [0.717, 1.165) is 28.7 Å². The Kier molecular flexibility index (Phi) is 4.29. The molecule has 0 fully saturated rings. The Hall–Kier alpha value is -2.76. The van der Waals surface area contributed by atoms with Crippen molar-refractivity contribution in [2.75, 3.05) is 0 Å². The maximum Gasteiger partial charge on any atom is 0.257 e. The fourth-order valence-electron chi connectivity index (χ4n) is 2.58. The topological polar surface area (TPSA) is 46.9 Å². The lowest BCUT2D eigenvalue weighted by Crippen LogP contribution is -2.25. The van der Waals surface area contributed by atoms with Crippen LogP contribution in [-0.2, 0) is 6.54 Å². The third-order valence-corrected chi connectivity index (χ3v) is 3.84. The number of carbonyl (C=O) groups is 1. The molecule has 2 aromatic carbocycles. The fraction of sp³-hybridized carbons (Fsp3) is 0.222. The van der Waals surface area contributed by atoms with Crippen molar-refractivity contribution in [2.24, 2.45) is 0 Å². The number of benzene rings is 2. The van der Waals surface area contributed by atoms with E-state index in [9.17, 15) is 13.6 Å². The van der Waals surface area contributed by atoms with Gasteiger partial charge in [-0.1, -0.05) is 12.1 Å². The summed E-state index contributed by atoms with van der Waals surface area (Å²) in [5, 5.41) is 2.54. The van der Waals surface area contributed by atoms with Crippen molar-refractivity contribution in [2.45, 2.75) is 26.4 Å². The van der Waals surface area contributed by atoms with Crippen molar-refractivity contribution in [3.8, 4) is 0 Å². The highest BCUT2D eigenvalue weighted by Gasteiger charge is 2.16. The van der Waals surface area contributed by atoms with E-state index < -0.39 is 23.1 Å². The van der Waals surface area contributed by atoms with Gasteiger partial charge in [-0.3, -0.25) is 4.79 Å². The summed E-state index contributed by atoms with van der Waals surface area (Å²) in [6, 6.07) is 9.27. The molecular formula is C18H17F2N3O. The maximum atomic E-state index is 13.6. The zero-order chi connectivity index (χ0) is 17.3. The van der Waals surface area contributed by atoms with E-state index in [1.807, 2.05) is 22.8 Å². The first-order chi connectivity index (χ1) is 11.5. The second-order valence-electron chi connectivity index (χ2n) is 5.85. The first-order valence-electron chi connectivity index (χ1n) is 7.65. The lowest BCUT2D eigenvalue weighted by molar-refractivity contribution is 0.0942. The molecule has 1 amide bonds. The SMILES string of the molecule is CC(C)n1cnc2cc(CNC(=O)c3c(F)cccc3F)ccc21. The molecule has 0 atom stereocenters. The van der Waals surface area contributed by atoms with Gasteiger partial charge in [0.15, 0.2) is 0 Å². The Labute approximate surface area is 138 Å². The molecule has 0 aliphatic rings. The molecule has 0 saturated heterocycles. The first-order valence-corrected chi connectivity index (χ1v) is 7.65. The number of nitrogens with one attached hydrogen (secondary N) is 1. The number of imidazole rings is 1. The minimum Gasteiger partial charge on any atom is -0.348 e. The second-order valence-corrected chi connectivity index (χ2v) is 5.85. The molecule has 3 rings (SSSR count). The summed E-state index contributed by atoms with van der Waals surface area (Å²) in [6.07, 6.45) is 1.77. The van der Waals surface area contributed by atoms with Gasteiger partial charge in [0.05, 0.1) is 17.4 Å². The van der Waals surface area contributed by atoms with Gasteiger partial charge in [-0.25, -0.2) is 13.8 Å². The van der Waals surface area contributed by atoms with Crippen LogP contribution < -0.4 is 5.32 Å². The smallest absolute Gasteiger partial charge is 0.257 e. The molecule has 0 radical (unpaired) electrons. The van der Waals surface area contributed by atoms with Crippen LogP contribution in [0.15, 0.2) is 42.7 Å². The third-order valence-electron chi connectivity index (χ3n) is 3.84. The van der Waals surface area contributed by atoms with Gasteiger partial charge in [-0.15, -0.1) is 0 Å². The number of carbonyl (C=O) groups excluding carboxylic acids is 1. The number of rotatable bonds is 4. The largest absolute Gasteiger partial charge is 0.348 e. The molecule has 4 nitrogen and oxygen atoms in total. The Morgan fingerprint density at radius 3 is 2.58 bits per heavy atom. The van der Waals surface area contributed by atoms with E-state index in [1.54, 1.807) is 6.33 Å². The third kappa shape index (κ3) is 2.99. The average molecular weight is 329 g/mol. The van der Waals surface area contributed by atoms with Crippen LogP contribution in [0, 0.1) is 11.6 Å². The average Bonchev–Trinajstić information content (AvgIpc) is 2.96. The van der Waals surface area contributed by atoms with Crippen molar-refractivity contribution in [1.29, 1.82) is 0 Å². The number of fused-ring (bicyclic) bond motifs is 1. The van der Waals surface area contributed by atoms with Crippen LogP contribution in [0.3, 0.4) is 0 Å². The van der Waals surface area contributed by atoms with E-state index in [4.69, 9.17) is 0 Å². The highest BCUT2D eigenvalue weighted by atomic mass is 19.1. The van der Waals surface area contributed by atoms with Crippen LogP contribution in [0.25, 0.3) is 11.0 Å². The van der Waals surface area contributed by atoms with Gasteiger partial charge in [-0.2, -0.15) is 0 Å². The number of amides is 1. The molecule has 1 N–H and O–H groups in total. The number of aromatic nitrogens is 2. The van der Waals surface area contributed by atoms with Crippen molar-refractivity contribution >= 4 is 16.9 Å². The molecule has 6 heteroatoms. The number of nitrogens with zero attached hydrogens (tertiary/aromatic N) is 2. The van der Waals surface area contributed by atoms with E-state index in [-0.39, 0.29) is 6.54 Å². The number of hydrogen-bond acceptors (Lipinski definition) is 2. The summed E-state index contributed by atoms with van der Waals surface area (Å²) < 4.78 is 29.2. The molecule has 0 spiro atoms. The quantitative estimate of drug-likeness (QED) is 0.791. The van der Waals surface area contributed by atoms with E-state index in [0.29, 0.717) is 6.04 Å². The van der Waals surface area contributed by atoms with Crippen molar-refractivity contribution in [1.82, 2.24) is 14.9 Å². The molecule has 1 heterocycles. The summed E-state index contributed by atoms with van der Waals surface area (Å²) in [4.78, 5) is 16.4. The Morgan fingerprint density at radius 2 is 1.92 bits per heavy atom. The molecule has 0 aliphatic carbocycles. The lowest BCUT2D eigenvalue weighted by Gasteiger charge is -2.09. The minimum absolute atomic E-state index is 0.164. The summed E-state index contributed by atoms with van der Waals surface area (Å²) in [5.74, 6) is -2.53. The van der Waals surface area contributed by atoms with Gasteiger partial charge in [-0.05, 0) is 43.7 Å². The fourth-order valence-corrected chi connectivity index (χ4v) is 2.58. The second kappa shape index (κ2) is 6.39. The minimum atomic E-state index is -0.876. The van der Waals surface area contributed by atoms with E-state index in [1.165, 1.54) is 6.07 Å². The van der Waals surface area contributed by atoms with Crippen LogP contribution in [-0.4, -0.2) is 15.5 Å². The first kappa shape index (κ1) is 16.1. The van der Waals surface area contributed by atoms with Gasteiger partial charge in [0.1, 0.15) is 17.2 Å². The van der Waals surface area contributed by atoms with Gasteiger partial charge in [0.25, 0.3) is 5.91 Å². The predicted molar refractivity (Wildman–Crippen MR) is 87.6 cm³/mol. The normalized spacial score (nSPS) is 11.2. The summed E-state index contributed by atoms with van der Waals surface area (Å²) in [6.45, 7) is 4.30. The monoisotopic (exact) mass is 329 g/mol. The van der Waals surface area contributed by atoms with Crippen molar-refractivity contribution in [3.05, 3.63) is 65.5 Å². The van der Waals surface area contributed by atoms with Gasteiger partial charge >= 0.3 is 0 Å². The lowest BCUT2D eigenvalue weighted by atomic mass is 10.1. The Balaban J connectivity index is 1.77. The molecule has 1 aromatic heterocycles. The van der Waals surface area contributed by atoms with E-state index >= 15 is 0 Å².